The van der Waals surface area contributed by atoms with Crippen molar-refractivity contribution in [2.24, 2.45) is 17.5 Å². The van der Waals surface area contributed by atoms with Crippen molar-refractivity contribution in [3.05, 3.63) is 53.4 Å². The van der Waals surface area contributed by atoms with Crippen molar-refractivity contribution < 1.29 is 14.7 Å². The number of benzene rings is 1. The molecule has 4 atom stereocenters. The summed E-state index contributed by atoms with van der Waals surface area (Å²) < 4.78 is 0. The average molecular weight is 487 g/mol. The third-order valence-corrected chi connectivity index (χ3v) is 7.08. The second kappa shape index (κ2) is 11.0. The summed E-state index contributed by atoms with van der Waals surface area (Å²) in [5, 5.41) is 14.5. The summed E-state index contributed by atoms with van der Waals surface area (Å²) in [6.45, 7) is 7.69. The van der Waals surface area contributed by atoms with Gasteiger partial charge in [0.25, 0.3) is 0 Å². The number of nitrogens with zero attached hydrogens (tertiary/aromatic N) is 3. The maximum Gasteiger partial charge on any atom is 0.247 e. The Morgan fingerprint density at radius 3 is 2.53 bits per heavy atom. The summed E-state index contributed by atoms with van der Waals surface area (Å²) >= 11 is 1.59. The number of thiazole rings is 1. The lowest BCUT2D eigenvalue weighted by Gasteiger charge is -2.34. The number of nitrogens with one attached hydrogen (secondary N) is 1. The summed E-state index contributed by atoms with van der Waals surface area (Å²) in [6, 6.07) is 6.23. The van der Waals surface area contributed by atoms with Gasteiger partial charge < -0.3 is 26.1 Å². The number of rotatable bonds is 8. The molecule has 6 N–H and O–H groups in total. The molecule has 184 valence electrons. The van der Waals surface area contributed by atoms with Crippen LogP contribution in [-0.4, -0.2) is 56.5 Å². The Morgan fingerprint density at radius 1 is 1.29 bits per heavy atom. The van der Waals surface area contributed by atoms with Gasteiger partial charge in [-0.25, -0.2) is 10.8 Å². The number of hydrogen-bond donors (Lipinski definition) is 4. The molecule has 0 aliphatic carbocycles. The molecular formula is C24H34N6O3S. The van der Waals surface area contributed by atoms with Gasteiger partial charge in [0.1, 0.15) is 12.1 Å². The number of nitrogens with two attached hydrogens (primary N) is 2. The Balaban J connectivity index is 1.72. The standard InChI is InChI=1S/C24H34N6O3S/c1-14(2)21(30(26)10-9-25)24(33)29-12-19(31)11-20(29)23(32)28-15(3)17-5-7-18(8-6-17)22-16(4)27-13-34-22/h5-10,13-15,19-21,31H,11-12,25-26H2,1-4H3,(H,28,32)/b10-9-. The predicted molar refractivity (Wildman–Crippen MR) is 133 cm³/mol. The third kappa shape index (κ3) is 5.57. The molecule has 1 aliphatic rings. The number of carbonyl (C=O) groups excluding carboxylic acids is 2. The Bertz CT molecular complexity index is 1020. The van der Waals surface area contributed by atoms with Gasteiger partial charge in [-0.1, -0.05) is 38.1 Å². The van der Waals surface area contributed by atoms with E-state index in [2.05, 4.69) is 10.3 Å². The van der Waals surface area contributed by atoms with Crippen LogP contribution >= 0.6 is 11.3 Å². The SMILES string of the molecule is Cc1ncsc1-c1ccc(C(C)NC(=O)C2CC(O)CN2C(=O)C(C(C)C)N(N)/C=C\N)cc1. The number of carbonyl (C=O) groups is 2. The van der Waals surface area contributed by atoms with Crippen LogP contribution in [0.25, 0.3) is 10.4 Å². The molecule has 10 heteroatoms. The van der Waals surface area contributed by atoms with Crippen LogP contribution < -0.4 is 16.9 Å². The molecule has 1 aromatic carbocycles. The van der Waals surface area contributed by atoms with Crippen molar-refractivity contribution in [1.29, 1.82) is 0 Å². The first kappa shape index (κ1) is 25.7. The number of β-amino-alcohol motifs (C(OH)–C–C–N with tert-alkyl or cyclic N) is 1. The van der Waals surface area contributed by atoms with E-state index in [1.807, 2.05) is 57.5 Å². The number of hydrogen-bond acceptors (Lipinski definition) is 8. The molecule has 0 saturated carbocycles. The molecule has 34 heavy (non-hydrogen) atoms. The number of amides is 2. The second-order valence-electron chi connectivity index (χ2n) is 8.99. The zero-order valence-corrected chi connectivity index (χ0v) is 20.8. The molecule has 2 aromatic rings. The monoisotopic (exact) mass is 486 g/mol. The fourth-order valence-electron chi connectivity index (χ4n) is 4.32. The minimum atomic E-state index is -0.777. The molecule has 3 rings (SSSR count). The molecule has 4 unspecified atom stereocenters. The van der Waals surface area contributed by atoms with Gasteiger partial charge in [-0.3, -0.25) is 9.59 Å². The summed E-state index contributed by atoms with van der Waals surface area (Å²) in [7, 11) is 0. The van der Waals surface area contributed by atoms with Crippen LogP contribution in [0.5, 0.6) is 0 Å². The summed E-state index contributed by atoms with van der Waals surface area (Å²) in [5.41, 5.74) is 10.3. The Hall–Kier alpha value is -2.95. The van der Waals surface area contributed by atoms with E-state index < -0.39 is 18.2 Å². The average Bonchev–Trinajstić information content (AvgIpc) is 3.39. The molecule has 0 spiro atoms. The maximum absolute atomic E-state index is 13.3. The lowest BCUT2D eigenvalue weighted by molar-refractivity contribution is -0.143. The van der Waals surface area contributed by atoms with Crippen LogP contribution in [0.2, 0.25) is 0 Å². The highest BCUT2D eigenvalue weighted by atomic mass is 32.1. The van der Waals surface area contributed by atoms with E-state index in [-0.39, 0.29) is 36.7 Å². The largest absolute Gasteiger partial charge is 0.403 e. The number of aryl methyl sites for hydroxylation is 1. The summed E-state index contributed by atoms with van der Waals surface area (Å²) in [5.74, 6) is 5.27. The van der Waals surface area contributed by atoms with Crippen LogP contribution in [0, 0.1) is 12.8 Å². The first-order valence-corrected chi connectivity index (χ1v) is 12.2. The minimum Gasteiger partial charge on any atom is -0.403 e. The van der Waals surface area contributed by atoms with E-state index in [0.717, 1.165) is 21.7 Å². The van der Waals surface area contributed by atoms with Crippen molar-refractivity contribution in [1.82, 2.24) is 20.2 Å². The molecule has 0 radical (unpaired) electrons. The smallest absolute Gasteiger partial charge is 0.247 e. The van der Waals surface area contributed by atoms with Crippen LogP contribution in [0.3, 0.4) is 0 Å². The molecule has 1 aliphatic heterocycles. The number of aromatic nitrogens is 1. The van der Waals surface area contributed by atoms with Crippen molar-refractivity contribution in [3.8, 4) is 10.4 Å². The van der Waals surface area contributed by atoms with Gasteiger partial charge >= 0.3 is 0 Å². The first-order chi connectivity index (χ1) is 16.1. The first-order valence-electron chi connectivity index (χ1n) is 11.3. The summed E-state index contributed by atoms with van der Waals surface area (Å²) in [4.78, 5) is 33.3. The van der Waals surface area contributed by atoms with Gasteiger partial charge in [0, 0.05) is 25.4 Å². The normalized spacial score (nSPS) is 20.0. The Morgan fingerprint density at radius 2 is 1.97 bits per heavy atom. The van der Waals surface area contributed by atoms with E-state index in [1.165, 1.54) is 22.3 Å². The Kier molecular flexibility index (Phi) is 8.29. The predicted octanol–water partition coefficient (Wildman–Crippen LogP) is 1.89. The van der Waals surface area contributed by atoms with Gasteiger partial charge in [-0.2, -0.15) is 0 Å². The van der Waals surface area contributed by atoms with Gasteiger partial charge in [-0.15, -0.1) is 11.3 Å². The van der Waals surface area contributed by atoms with E-state index in [1.54, 1.807) is 11.3 Å². The van der Waals surface area contributed by atoms with Crippen molar-refractivity contribution in [2.75, 3.05) is 6.54 Å². The molecule has 1 fully saturated rings. The molecule has 0 bridgehead atoms. The molecule has 1 saturated heterocycles. The third-order valence-electron chi connectivity index (χ3n) is 6.11. The lowest BCUT2D eigenvalue weighted by Crippen LogP contribution is -2.56. The fraction of sp³-hybridized carbons (Fsp3) is 0.458. The lowest BCUT2D eigenvalue weighted by atomic mass is 10.0. The molecular weight excluding hydrogens is 452 g/mol. The number of hydrazine groups is 1. The minimum absolute atomic E-state index is 0.0809. The van der Waals surface area contributed by atoms with Crippen LogP contribution in [0.15, 0.2) is 42.2 Å². The molecule has 2 amide bonds. The van der Waals surface area contributed by atoms with E-state index >= 15 is 0 Å². The van der Waals surface area contributed by atoms with E-state index in [0.29, 0.717) is 0 Å². The molecule has 9 nitrogen and oxygen atoms in total. The van der Waals surface area contributed by atoms with Gasteiger partial charge in [0.2, 0.25) is 11.8 Å². The highest BCUT2D eigenvalue weighted by molar-refractivity contribution is 7.13. The highest BCUT2D eigenvalue weighted by Crippen LogP contribution is 2.29. The number of aliphatic hydroxyl groups excluding tert-OH is 1. The maximum atomic E-state index is 13.3. The zero-order valence-electron chi connectivity index (χ0n) is 20.0. The van der Waals surface area contributed by atoms with Crippen molar-refractivity contribution in [2.45, 2.75) is 58.3 Å². The van der Waals surface area contributed by atoms with Gasteiger partial charge in [0.05, 0.1) is 28.2 Å². The molecule has 2 heterocycles. The van der Waals surface area contributed by atoms with Crippen LogP contribution in [0.4, 0.5) is 0 Å². The Labute approximate surface area is 204 Å². The van der Waals surface area contributed by atoms with Gasteiger partial charge in [-0.05, 0) is 30.9 Å². The van der Waals surface area contributed by atoms with E-state index in [4.69, 9.17) is 11.6 Å². The quantitative estimate of drug-likeness (QED) is 0.330. The van der Waals surface area contributed by atoms with Crippen molar-refractivity contribution in [3.63, 3.8) is 0 Å². The number of likely N-dealkylation sites (tertiary alicyclic amines) is 1. The second-order valence-corrected chi connectivity index (χ2v) is 9.85. The van der Waals surface area contributed by atoms with Crippen LogP contribution in [-0.2, 0) is 9.59 Å². The summed E-state index contributed by atoms with van der Waals surface area (Å²) in [6.07, 6.45) is 2.08. The van der Waals surface area contributed by atoms with Gasteiger partial charge in [0.15, 0.2) is 0 Å². The molecule has 1 aromatic heterocycles. The highest BCUT2D eigenvalue weighted by Gasteiger charge is 2.43. The zero-order chi connectivity index (χ0) is 25.0. The van der Waals surface area contributed by atoms with Crippen molar-refractivity contribution >= 4 is 23.2 Å². The van der Waals surface area contributed by atoms with Crippen LogP contribution in [0.1, 0.15) is 44.5 Å². The number of aliphatic hydroxyl groups is 1. The fourth-order valence-corrected chi connectivity index (χ4v) is 5.13. The topological polar surface area (TPSA) is 138 Å². The van der Waals surface area contributed by atoms with E-state index in [9.17, 15) is 14.7 Å².